The van der Waals surface area contributed by atoms with E-state index in [1.54, 1.807) is 6.20 Å². The molecule has 1 aliphatic heterocycles. The zero-order valence-electron chi connectivity index (χ0n) is 20.1. The van der Waals surface area contributed by atoms with Crippen molar-refractivity contribution in [1.82, 2.24) is 19.9 Å². The molecule has 2 amide bonds. The molecule has 3 heterocycles. The zero-order chi connectivity index (χ0) is 28.2. The average molecular weight is 619 g/mol. The van der Waals surface area contributed by atoms with Gasteiger partial charge in [-0.05, 0) is 51.8 Å². The van der Waals surface area contributed by atoms with Crippen molar-refractivity contribution >= 4 is 33.5 Å². The minimum Gasteiger partial charge on any atom is -0.475 e. The van der Waals surface area contributed by atoms with Crippen LogP contribution in [0.15, 0.2) is 53.5 Å². The first kappa shape index (κ1) is 28.4. The maximum Gasteiger partial charge on any atom is 0.416 e. The van der Waals surface area contributed by atoms with Gasteiger partial charge < -0.3 is 19.9 Å². The van der Waals surface area contributed by atoms with Gasteiger partial charge in [-0.15, -0.1) is 0 Å². The number of amides is 2. The van der Waals surface area contributed by atoms with Crippen LogP contribution in [0.25, 0.3) is 0 Å². The number of carbonyl (C=O) groups is 1. The van der Waals surface area contributed by atoms with Gasteiger partial charge in [-0.25, -0.2) is 19.7 Å². The molecular weight excluding hydrogens is 598 g/mol. The molecule has 8 nitrogen and oxygen atoms in total. The molecule has 39 heavy (non-hydrogen) atoms. The van der Waals surface area contributed by atoms with Crippen LogP contribution in [-0.4, -0.2) is 58.7 Å². The molecule has 1 fully saturated rings. The quantitative estimate of drug-likeness (QED) is 0.284. The molecule has 2 aromatic heterocycles. The first-order chi connectivity index (χ1) is 18.4. The van der Waals surface area contributed by atoms with Gasteiger partial charge in [-0.2, -0.15) is 26.3 Å². The van der Waals surface area contributed by atoms with Crippen molar-refractivity contribution in [3.63, 3.8) is 0 Å². The Morgan fingerprint density at radius 2 is 1.54 bits per heavy atom. The highest BCUT2D eigenvalue weighted by atomic mass is 79.9. The summed E-state index contributed by atoms with van der Waals surface area (Å²) < 4.78 is 85.3. The Bertz CT molecular complexity index is 1280. The molecule has 4 rings (SSSR count). The smallest absolute Gasteiger partial charge is 0.416 e. The molecule has 0 radical (unpaired) electrons. The molecule has 1 N–H and O–H groups in total. The predicted octanol–water partition coefficient (Wildman–Crippen LogP) is 5.65. The fraction of sp³-hybridized carbons (Fsp3) is 0.333. The number of rotatable bonds is 6. The fourth-order valence-electron chi connectivity index (χ4n) is 3.85. The monoisotopic (exact) mass is 618 g/mol. The van der Waals surface area contributed by atoms with Crippen LogP contribution in [0.2, 0.25) is 0 Å². The number of carbonyl (C=O) groups excluding carboxylic acids is 1. The fourth-order valence-corrected chi connectivity index (χ4v) is 4.26. The van der Waals surface area contributed by atoms with Gasteiger partial charge in [-0.1, -0.05) is 0 Å². The van der Waals surface area contributed by atoms with Crippen molar-refractivity contribution in [3.8, 4) is 5.88 Å². The molecule has 3 aromatic rings. The number of ether oxygens (including phenoxy) is 1. The van der Waals surface area contributed by atoms with Gasteiger partial charge in [0.2, 0.25) is 0 Å². The lowest BCUT2D eigenvalue weighted by Gasteiger charge is -2.35. The van der Waals surface area contributed by atoms with Crippen molar-refractivity contribution in [2.24, 2.45) is 0 Å². The minimum atomic E-state index is -5.02. The molecule has 1 saturated heterocycles. The maximum atomic E-state index is 13.1. The number of nitrogens with zero attached hydrogens (tertiary/aromatic N) is 5. The molecule has 15 heteroatoms. The highest BCUT2D eigenvalue weighted by molar-refractivity contribution is 9.10. The van der Waals surface area contributed by atoms with E-state index in [0.717, 1.165) is 5.56 Å². The third-order valence-corrected chi connectivity index (χ3v) is 6.21. The third-order valence-electron chi connectivity index (χ3n) is 5.77. The molecule has 0 bridgehead atoms. The molecular formula is C24H21BrF6N6O2. The van der Waals surface area contributed by atoms with Gasteiger partial charge in [0.05, 0.1) is 17.7 Å². The first-order valence-electron chi connectivity index (χ1n) is 11.5. The lowest BCUT2D eigenvalue weighted by atomic mass is 10.1. The highest BCUT2D eigenvalue weighted by Crippen LogP contribution is 2.37. The van der Waals surface area contributed by atoms with Crippen molar-refractivity contribution in [1.29, 1.82) is 0 Å². The SMILES string of the molecule is O=C(Nc1cc(C(F)(F)F)cc(C(F)(F)F)c1)N1CCN(c2nccnc2OCCc2ccnc(Br)c2)CC1. The Hall–Kier alpha value is -3.62. The summed E-state index contributed by atoms with van der Waals surface area (Å²) in [6.07, 6.45) is -4.79. The van der Waals surface area contributed by atoms with Crippen molar-refractivity contribution in [2.45, 2.75) is 18.8 Å². The molecule has 1 aliphatic rings. The van der Waals surface area contributed by atoms with Crippen LogP contribution < -0.4 is 15.0 Å². The van der Waals surface area contributed by atoms with Crippen LogP contribution in [0.5, 0.6) is 5.88 Å². The number of benzene rings is 1. The normalized spacial score (nSPS) is 14.3. The molecule has 0 aliphatic carbocycles. The summed E-state index contributed by atoms with van der Waals surface area (Å²) in [7, 11) is 0. The van der Waals surface area contributed by atoms with Gasteiger partial charge in [-0.3, -0.25) is 0 Å². The van der Waals surface area contributed by atoms with E-state index in [9.17, 15) is 31.1 Å². The molecule has 208 valence electrons. The van der Waals surface area contributed by atoms with Gasteiger partial charge in [0.15, 0.2) is 5.82 Å². The van der Waals surface area contributed by atoms with E-state index in [1.165, 1.54) is 17.3 Å². The van der Waals surface area contributed by atoms with Gasteiger partial charge >= 0.3 is 18.4 Å². The summed E-state index contributed by atoms with van der Waals surface area (Å²) in [4.78, 5) is 28.5. The number of urea groups is 1. The van der Waals surface area contributed by atoms with E-state index in [1.807, 2.05) is 17.0 Å². The van der Waals surface area contributed by atoms with Crippen LogP contribution in [0.1, 0.15) is 16.7 Å². The predicted molar refractivity (Wildman–Crippen MR) is 132 cm³/mol. The Morgan fingerprint density at radius 1 is 0.897 bits per heavy atom. The Kier molecular flexibility index (Phi) is 8.47. The molecule has 0 spiro atoms. The summed E-state index contributed by atoms with van der Waals surface area (Å²) in [6.45, 7) is 1.17. The summed E-state index contributed by atoms with van der Waals surface area (Å²) in [5.74, 6) is 0.758. The van der Waals surface area contributed by atoms with E-state index < -0.39 is 35.2 Å². The number of pyridine rings is 1. The number of hydrogen-bond acceptors (Lipinski definition) is 6. The zero-order valence-corrected chi connectivity index (χ0v) is 21.6. The van der Waals surface area contributed by atoms with E-state index in [2.05, 4.69) is 36.2 Å². The Labute approximate surface area is 227 Å². The summed E-state index contributed by atoms with van der Waals surface area (Å²) in [5, 5.41) is 2.16. The Balaban J connectivity index is 1.37. The Morgan fingerprint density at radius 3 is 2.15 bits per heavy atom. The number of anilines is 2. The molecule has 0 saturated carbocycles. The van der Waals surface area contributed by atoms with E-state index >= 15 is 0 Å². The van der Waals surface area contributed by atoms with Crippen molar-refractivity contribution < 1.29 is 35.9 Å². The van der Waals surface area contributed by atoms with Crippen LogP contribution in [0.4, 0.5) is 42.6 Å². The molecule has 1 aromatic carbocycles. The van der Waals surface area contributed by atoms with E-state index in [4.69, 9.17) is 4.74 Å². The first-order valence-corrected chi connectivity index (χ1v) is 12.3. The molecule has 0 atom stereocenters. The number of halogens is 7. The number of aromatic nitrogens is 3. The summed E-state index contributed by atoms with van der Waals surface area (Å²) in [6, 6.07) is 3.86. The minimum absolute atomic E-state index is 0.00494. The van der Waals surface area contributed by atoms with Crippen molar-refractivity contribution in [2.75, 3.05) is 43.0 Å². The average Bonchev–Trinajstić information content (AvgIpc) is 2.88. The second kappa shape index (κ2) is 11.6. The molecule has 0 unspecified atom stereocenters. The van der Waals surface area contributed by atoms with Crippen LogP contribution in [-0.2, 0) is 18.8 Å². The standard InChI is InChI=1S/C24H21BrF6N6O2/c25-19-11-15(1-3-32-19)2-10-39-21-20(33-4-5-34-21)36-6-8-37(9-7-36)22(38)35-18-13-16(23(26,27)28)12-17(14-18)24(29,30)31/h1,3-5,11-14H,2,6-10H2,(H,35,38). The van der Waals surface area contributed by atoms with Crippen LogP contribution in [0.3, 0.4) is 0 Å². The topological polar surface area (TPSA) is 83.5 Å². The summed E-state index contributed by atoms with van der Waals surface area (Å²) >= 11 is 3.31. The lowest BCUT2D eigenvalue weighted by molar-refractivity contribution is -0.143. The maximum absolute atomic E-state index is 13.1. The van der Waals surface area contributed by atoms with Gasteiger partial charge in [0.25, 0.3) is 5.88 Å². The number of piperazine rings is 1. The number of alkyl halides is 6. The summed E-state index contributed by atoms with van der Waals surface area (Å²) in [5.41, 5.74) is -2.62. The van der Waals surface area contributed by atoms with Crippen LogP contribution in [0, 0.1) is 0 Å². The van der Waals surface area contributed by atoms with Crippen molar-refractivity contribution in [3.05, 3.63) is 70.2 Å². The largest absolute Gasteiger partial charge is 0.475 e. The second-order valence-electron chi connectivity index (χ2n) is 8.47. The van der Waals surface area contributed by atoms with Gasteiger partial charge in [0.1, 0.15) is 4.60 Å². The lowest BCUT2D eigenvalue weighted by Crippen LogP contribution is -2.50. The number of hydrogen-bond donors (Lipinski definition) is 1. The highest BCUT2D eigenvalue weighted by Gasteiger charge is 2.37. The van der Waals surface area contributed by atoms with E-state index in [-0.39, 0.29) is 32.2 Å². The second-order valence-corrected chi connectivity index (χ2v) is 9.28. The van der Waals surface area contributed by atoms with Crippen LogP contribution >= 0.6 is 15.9 Å². The van der Waals surface area contributed by atoms with E-state index in [0.29, 0.717) is 41.5 Å². The number of nitrogens with one attached hydrogen (secondary N) is 1. The van der Waals surface area contributed by atoms with Gasteiger partial charge in [0, 0.05) is 56.9 Å². The third kappa shape index (κ3) is 7.49.